The van der Waals surface area contributed by atoms with Gasteiger partial charge in [0, 0.05) is 37.1 Å². The molecule has 1 aliphatic rings. The lowest BCUT2D eigenvalue weighted by atomic mass is 10.0. The topological polar surface area (TPSA) is 108 Å². The lowest BCUT2D eigenvalue weighted by molar-refractivity contribution is -0.137. The molecule has 162 valence electrons. The fourth-order valence-corrected chi connectivity index (χ4v) is 3.77. The highest BCUT2D eigenvalue weighted by molar-refractivity contribution is 6.34. The Bertz CT molecular complexity index is 1170. The Balaban J connectivity index is 1.79. The van der Waals surface area contributed by atoms with Gasteiger partial charge in [-0.25, -0.2) is 19.7 Å². The van der Waals surface area contributed by atoms with Gasteiger partial charge in [-0.3, -0.25) is 0 Å². The van der Waals surface area contributed by atoms with E-state index in [0.717, 1.165) is 12.1 Å². The molecular formula is C19H16ClF3N6O2. The summed E-state index contributed by atoms with van der Waals surface area (Å²) in [5, 5.41) is 9.69. The van der Waals surface area contributed by atoms with E-state index in [2.05, 4.69) is 15.0 Å². The number of carboxylic acid groups (broad SMARTS) is 1. The van der Waals surface area contributed by atoms with E-state index in [9.17, 15) is 18.0 Å². The van der Waals surface area contributed by atoms with Crippen molar-refractivity contribution < 1.29 is 23.1 Å². The summed E-state index contributed by atoms with van der Waals surface area (Å²) < 4.78 is 40.5. The minimum Gasteiger partial charge on any atom is -0.465 e. The number of halogens is 4. The van der Waals surface area contributed by atoms with Gasteiger partial charge in [0.15, 0.2) is 0 Å². The van der Waals surface area contributed by atoms with Crippen molar-refractivity contribution in [1.29, 1.82) is 0 Å². The summed E-state index contributed by atoms with van der Waals surface area (Å²) in [6.07, 6.45) is -4.33. The first-order valence-electron chi connectivity index (χ1n) is 9.16. The summed E-state index contributed by atoms with van der Waals surface area (Å²) in [5.41, 5.74) is 4.72. The van der Waals surface area contributed by atoms with Crippen molar-refractivity contribution in [3.05, 3.63) is 41.2 Å². The number of aromatic nitrogens is 3. The average Bonchev–Trinajstić information content (AvgIpc) is 2.72. The van der Waals surface area contributed by atoms with Crippen LogP contribution in [-0.4, -0.2) is 57.2 Å². The van der Waals surface area contributed by atoms with Gasteiger partial charge in [-0.2, -0.15) is 13.2 Å². The average molecular weight is 453 g/mol. The molecule has 1 fully saturated rings. The summed E-state index contributed by atoms with van der Waals surface area (Å²) >= 11 is 6.38. The van der Waals surface area contributed by atoms with Gasteiger partial charge >= 0.3 is 12.3 Å². The molecule has 0 spiro atoms. The molecule has 1 aromatic carbocycles. The molecule has 1 aliphatic heterocycles. The standard InChI is InChI=1S/C19H16ClF3N6O2/c20-13-7-11-14(8-10(13)16-12(19(21,22)23)1-2-15(24)27-16)25-9-26-17(11)28-3-5-29(6-4-28)18(30)31/h1-2,7-9H,3-6H2,(H2,24,27)(H,30,31). The smallest absolute Gasteiger partial charge is 0.418 e. The van der Waals surface area contributed by atoms with Crippen LogP contribution in [0.15, 0.2) is 30.6 Å². The Kier molecular flexibility index (Phi) is 5.21. The molecule has 0 radical (unpaired) electrons. The zero-order valence-electron chi connectivity index (χ0n) is 15.9. The third kappa shape index (κ3) is 4.00. The number of piperazine rings is 1. The molecule has 0 saturated carbocycles. The first-order valence-corrected chi connectivity index (χ1v) is 9.54. The third-order valence-corrected chi connectivity index (χ3v) is 5.34. The van der Waals surface area contributed by atoms with E-state index in [4.69, 9.17) is 22.4 Å². The van der Waals surface area contributed by atoms with Crippen LogP contribution in [0.2, 0.25) is 5.02 Å². The number of alkyl halides is 3. The molecule has 1 saturated heterocycles. The van der Waals surface area contributed by atoms with Gasteiger partial charge in [-0.1, -0.05) is 11.6 Å². The van der Waals surface area contributed by atoms with Gasteiger partial charge < -0.3 is 20.6 Å². The maximum absolute atomic E-state index is 13.5. The molecular weight excluding hydrogens is 437 g/mol. The third-order valence-electron chi connectivity index (χ3n) is 5.03. The van der Waals surface area contributed by atoms with Crippen LogP contribution < -0.4 is 10.6 Å². The lowest BCUT2D eigenvalue weighted by Crippen LogP contribution is -2.48. The maximum atomic E-state index is 13.5. The number of rotatable bonds is 2. The number of benzene rings is 1. The summed E-state index contributed by atoms with van der Waals surface area (Å²) in [5.74, 6) is 0.457. The van der Waals surface area contributed by atoms with E-state index in [1.165, 1.54) is 23.4 Å². The number of nitrogens with two attached hydrogens (primary N) is 1. The number of pyridine rings is 1. The fourth-order valence-electron chi connectivity index (χ4n) is 3.51. The van der Waals surface area contributed by atoms with E-state index >= 15 is 0 Å². The number of fused-ring (bicyclic) bond motifs is 1. The number of hydrogen-bond donors (Lipinski definition) is 2. The minimum atomic E-state index is -4.64. The highest BCUT2D eigenvalue weighted by Gasteiger charge is 2.35. The van der Waals surface area contributed by atoms with Crippen LogP contribution in [-0.2, 0) is 6.18 Å². The van der Waals surface area contributed by atoms with Crippen molar-refractivity contribution in [2.45, 2.75) is 6.18 Å². The predicted molar refractivity (Wildman–Crippen MR) is 109 cm³/mol. The van der Waals surface area contributed by atoms with Gasteiger partial charge in [0.05, 0.1) is 21.8 Å². The summed E-state index contributed by atoms with van der Waals surface area (Å²) in [6.45, 7) is 1.42. The number of hydrogen-bond acceptors (Lipinski definition) is 6. The van der Waals surface area contributed by atoms with Crippen molar-refractivity contribution in [3.63, 3.8) is 0 Å². The second kappa shape index (κ2) is 7.73. The molecule has 12 heteroatoms. The van der Waals surface area contributed by atoms with Crippen LogP contribution in [0.4, 0.5) is 29.6 Å². The van der Waals surface area contributed by atoms with Crippen molar-refractivity contribution in [1.82, 2.24) is 19.9 Å². The zero-order chi connectivity index (χ0) is 22.3. The molecule has 3 N–H and O–H groups in total. The van der Waals surface area contributed by atoms with Crippen LogP contribution >= 0.6 is 11.6 Å². The van der Waals surface area contributed by atoms with E-state index in [1.807, 2.05) is 4.90 Å². The van der Waals surface area contributed by atoms with Crippen LogP contribution in [0.3, 0.4) is 0 Å². The van der Waals surface area contributed by atoms with Gasteiger partial charge in [0.2, 0.25) is 0 Å². The number of anilines is 2. The molecule has 8 nitrogen and oxygen atoms in total. The second-order valence-corrected chi connectivity index (χ2v) is 7.34. The highest BCUT2D eigenvalue weighted by Crippen LogP contribution is 2.40. The van der Waals surface area contributed by atoms with Gasteiger partial charge in [0.25, 0.3) is 0 Å². The Labute approximate surface area is 179 Å². The summed E-state index contributed by atoms with van der Waals surface area (Å²) in [4.78, 5) is 26.6. The SMILES string of the molecule is Nc1ccc(C(F)(F)F)c(-c2cc3ncnc(N4CCN(C(=O)O)CC4)c3cc2Cl)n1. The van der Waals surface area contributed by atoms with Crippen molar-refractivity contribution in [2.75, 3.05) is 36.8 Å². The molecule has 31 heavy (non-hydrogen) atoms. The van der Waals surface area contributed by atoms with Gasteiger partial charge in [-0.15, -0.1) is 0 Å². The fraction of sp³-hybridized carbons (Fsp3) is 0.263. The normalized spacial score (nSPS) is 14.8. The molecule has 0 bridgehead atoms. The van der Waals surface area contributed by atoms with E-state index < -0.39 is 17.8 Å². The molecule has 4 rings (SSSR count). The maximum Gasteiger partial charge on any atom is 0.418 e. The largest absolute Gasteiger partial charge is 0.465 e. The number of nitrogens with zero attached hydrogens (tertiary/aromatic N) is 5. The quantitative estimate of drug-likeness (QED) is 0.609. The molecule has 1 amide bonds. The van der Waals surface area contributed by atoms with Crippen molar-refractivity contribution >= 4 is 40.2 Å². The van der Waals surface area contributed by atoms with Crippen molar-refractivity contribution in [3.8, 4) is 11.3 Å². The molecule has 2 aromatic heterocycles. The first kappa shape index (κ1) is 20.9. The zero-order valence-corrected chi connectivity index (χ0v) is 16.7. The van der Waals surface area contributed by atoms with Crippen LogP contribution in [0.25, 0.3) is 22.2 Å². The number of amides is 1. The second-order valence-electron chi connectivity index (χ2n) is 6.93. The predicted octanol–water partition coefficient (Wildman–Crippen LogP) is 3.75. The van der Waals surface area contributed by atoms with E-state index in [0.29, 0.717) is 42.9 Å². The summed E-state index contributed by atoms with van der Waals surface area (Å²) in [6, 6.07) is 4.87. The Hall–Kier alpha value is -3.34. The highest BCUT2D eigenvalue weighted by atomic mass is 35.5. The minimum absolute atomic E-state index is 0.0383. The Morgan fingerprint density at radius 2 is 1.84 bits per heavy atom. The van der Waals surface area contributed by atoms with E-state index in [-0.39, 0.29) is 22.1 Å². The molecule has 0 atom stereocenters. The van der Waals surface area contributed by atoms with Crippen LogP contribution in [0.5, 0.6) is 0 Å². The van der Waals surface area contributed by atoms with E-state index in [1.54, 1.807) is 0 Å². The summed E-state index contributed by atoms with van der Waals surface area (Å²) in [7, 11) is 0. The Morgan fingerprint density at radius 1 is 1.13 bits per heavy atom. The molecule has 0 unspecified atom stereocenters. The Morgan fingerprint density at radius 3 is 2.48 bits per heavy atom. The van der Waals surface area contributed by atoms with Crippen LogP contribution in [0, 0.1) is 0 Å². The number of carbonyl (C=O) groups is 1. The first-order chi connectivity index (χ1) is 14.6. The van der Waals surface area contributed by atoms with Crippen molar-refractivity contribution in [2.24, 2.45) is 0 Å². The molecule has 3 aromatic rings. The monoisotopic (exact) mass is 452 g/mol. The van der Waals surface area contributed by atoms with Crippen LogP contribution in [0.1, 0.15) is 5.56 Å². The number of nitrogen functional groups attached to an aromatic ring is 1. The molecule has 3 heterocycles. The molecule has 0 aliphatic carbocycles. The van der Waals surface area contributed by atoms with Gasteiger partial charge in [-0.05, 0) is 24.3 Å². The van der Waals surface area contributed by atoms with Gasteiger partial charge in [0.1, 0.15) is 18.0 Å². The lowest BCUT2D eigenvalue weighted by Gasteiger charge is -2.34.